The second-order valence-electron chi connectivity index (χ2n) is 3.76. The molecule has 0 saturated carbocycles. The van der Waals surface area contributed by atoms with Gasteiger partial charge in [-0.15, -0.1) is 24.8 Å². The van der Waals surface area contributed by atoms with Crippen molar-refractivity contribution in [2.75, 3.05) is 37.7 Å². The van der Waals surface area contributed by atoms with Crippen LogP contribution in [0.5, 0.6) is 0 Å². The molecule has 1 aliphatic rings. The molecule has 1 aliphatic heterocycles. The smallest absolute Gasteiger partial charge is 0.236 e. The Morgan fingerprint density at radius 2 is 2.00 bits per heavy atom. The van der Waals surface area contributed by atoms with Crippen molar-refractivity contribution in [1.82, 2.24) is 10.2 Å². The maximum atomic E-state index is 11.4. The van der Waals surface area contributed by atoms with Gasteiger partial charge in [0.1, 0.15) is 0 Å². The third-order valence-corrected chi connectivity index (χ3v) is 3.55. The molecule has 1 fully saturated rings. The molecule has 0 aromatic heterocycles. The van der Waals surface area contributed by atoms with E-state index < -0.39 is 0 Å². The number of carbonyl (C=O) groups excluding carboxylic acids is 1. The van der Waals surface area contributed by atoms with E-state index >= 15 is 0 Å². The van der Waals surface area contributed by atoms with Crippen molar-refractivity contribution >= 4 is 42.5 Å². The Labute approximate surface area is 120 Å². The molecule has 0 spiro atoms. The highest BCUT2D eigenvalue weighted by Gasteiger charge is 2.12. The number of thioether (sulfide) groups is 1. The molecule has 0 radical (unpaired) electrons. The molecular formula is C10H23Cl2N3OS. The van der Waals surface area contributed by atoms with Crippen LogP contribution in [0.15, 0.2) is 0 Å². The van der Waals surface area contributed by atoms with Crippen LogP contribution in [0.2, 0.25) is 0 Å². The number of nitrogens with one attached hydrogen (secondary N) is 1. The second-order valence-corrected chi connectivity index (χ2v) is 4.98. The standard InChI is InChI=1S/C10H21N3OS.2ClH/c1-2-9(11)10(14)12-3-4-13-5-7-15-8-6-13;;/h9H,2-8,11H2,1H3,(H,12,14);2*1H/t9-;;/m0../s1. The monoisotopic (exact) mass is 303 g/mol. The van der Waals surface area contributed by atoms with E-state index in [4.69, 9.17) is 5.73 Å². The predicted octanol–water partition coefficient (Wildman–Crippen LogP) is 0.732. The number of nitrogens with zero attached hydrogens (tertiary/aromatic N) is 1. The van der Waals surface area contributed by atoms with Gasteiger partial charge in [-0.2, -0.15) is 11.8 Å². The maximum absolute atomic E-state index is 11.4. The van der Waals surface area contributed by atoms with Crippen LogP contribution in [-0.4, -0.2) is 54.5 Å². The van der Waals surface area contributed by atoms with Gasteiger partial charge in [0.15, 0.2) is 0 Å². The lowest BCUT2D eigenvalue weighted by atomic mass is 10.2. The largest absolute Gasteiger partial charge is 0.353 e. The second kappa shape index (κ2) is 11.4. The molecule has 0 aliphatic carbocycles. The van der Waals surface area contributed by atoms with Crippen LogP contribution in [0.3, 0.4) is 0 Å². The van der Waals surface area contributed by atoms with Crippen molar-refractivity contribution in [2.45, 2.75) is 19.4 Å². The summed E-state index contributed by atoms with van der Waals surface area (Å²) in [5.41, 5.74) is 5.61. The van der Waals surface area contributed by atoms with E-state index in [-0.39, 0.29) is 36.8 Å². The summed E-state index contributed by atoms with van der Waals surface area (Å²) in [4.78, 5) is 13.7. The van der Waals surface area contributed by atoms with E-state index in [0.29, 0.717) is 6.42 Å². The van der Waals surface area contributed by atoms with Crippen molar-refractivity contribution in [3.8, 4) is 0 Å². The van der Waals surface area contributed by atoms with Gasteiger partial charge in [0.2, 0.25) is 5.91 Å². The van der Waals surface area contributed by atoms with Gasteiger partial charge < -0.3 is 11.1 Å². The summed E-state index contributed by atoms with van der Waals surface area (Å²) >= 11 is 2.00. The zero-order valence-electron chi connectivity index (χ0n) is 10.2. The van der Waals surface area contributed by atoms with E-state index in [1.165, 1.54) is 11.5 Å². The Morgan fingerprint density at radius 3 is 2.53 bits per heavy atom. The molecule has 0 unspecified atom stereocenters. The lowest BCUT2D eigenvalue weighted by Gasteiger charge is -2.26. The number of hydrogen-bond donors (Lipinski definition) is 2. The Hall–Kier alpha value is 0.320. The van der Waals surface area contributed by atoms with Gasteiger partial charge in [-0.1, -0.05) is 6.92 Å². The minimum atomic E-state index is -0.345. The minimum Gasteiger partial charge on any atom is -0.353 e. The quantitative estimate of drug-likeness (QED) is 0.786. The number of rotatable bonds is 5. The van der Waals surface area contributed by atoms with Crippen LogP contribution in [0.4, 0.5) is 0 Å². The third-order valence-electron chi connectivity index (χ3n) is 2.61. The lowest BCUT2D eigenvalue weighted by Crippen LogP contribution is -2.44. The van der Waals surface area contributed by atoms with Gasteiger partial charge in [-0.3, -0.25) is 9.69 Å². The lowest BCUT2D eigenvalue weighted by molar-refractivity contribution is -0.122. The zero-order chi connectivity index (χ0) is 11.1. The summed E-state index contributed by atoms with van der Waals surface area (Å²) in [6.45, 7) is 5.87. The molecule has 7 heteroatoms. The van der Waals surface area contributed by atoms with E-state index in [0.717, 1.165) is 26.2 Å². The Kier molecular flexibility index (Phi) is 13.2. The fourth-order valence-electron chi connectivity index (χ4n) is 1.48. The topological polar surface area (TPSA) is 58.4 Å². The first-order chi connectivity index (χ1) is 7.24. The predicted molar refractivity (Wildman–Crippen MR) is 79.5 cm³/mol. The molecule has 4 nitrogen and oxygen atoms in total. The van der Waals surface area contributed by atoms with Crippen molar-refractivity contribution in [2.24, 2.45) is 5.73 Å². The van der Waals surface area contributed by atoms with Crippen LogP contribution in [0.1, 0.15) is 13.3 Å². The van der Waals surface area contributed by atoms with E-state index in [1.54, 1.807) is 0 Å². The SMILES string of the molecule is CC[C@H](N)C(=O)NCCN1CCSCC1.Cl.Cl. The Morgan fingerprint density at radius 1 is 1.41 bits per heavy atom. The number of amides is 1. The van der Waals surface area contributed by atoms with Gasteiger partial charge in [0.05, 0.1) is 6.04 Å². The first-order valence-electron chi connectivity index (χ1n) is 5.57. The highest BCUT2D eigenvalue weighted by Crippen LogP contribution is 2.07. The van der Waals surface area contributed by atoms with Crippen LogP contribution in [0, 0.1) is 0 Å². The molecule has 1 rings (SSSR count). The number of carbonyl (C=O) groups is 1. The summed E-state index contributed by atoms with van der Waals surface area (Å²) in [6.07, 6.45) is 0.701. The van der Waals surface area contributed by atoms with Crippen LogP contribution < -0.4 is 11.1 Å². The minimum absolute atomic E-state index is 0. The van der Waals surface area contributed by atoms with Gasteiger partial charge in [0, 0.05) is 37.7 Å². The molecule has 104 valence electrons. The summed E-state index contributed by atoms with van der Waals surface area (Å²) in [5.74, 6) is 2.40. The molecule has 1 heterocycles. The van der Waals surface area contributed by atoms with Crippen molar-refractivity contribution in [3.05, 3.63) is 0 Å². The average molecular weight is 304 g/mol. The number of hydrogen-bond acceptors (Lipinski definition) is 4. The normalized spacial score (nSPS) is 17.5. The van der Waals surface area contributed by atoms with Crippen LogP contribution in [-0.2, 0) is 4.79 Å². The average Bonchev–Trinajstić information content (AvgIpc) is 2.29. The summed E-state index contributed by atoms with van der Waals surface area (Å²) in [5, 5.41) is 2.87. The van der Waals surface area contributed by atoms with Crippen molar-refractivity contribution in [3.63, 3.8) is 0 Å². The molecule has 1 atom stereocenters. The fourth-order valence-corrected chi connectivity index (χ4v) is 2.46. The molecule has 17 heavy (non-hydrogen) atoms. The molecule has 3 N–H and O–H groups in total. The Bertz CT molecular complexity index is 204. The fraction of sp³-hybridized carbons (Fsp3) is 0.900. The summed E-state index contributed by atoms with van der Waals surface area (Å²) in [7, 11) is 0. The van der Waals surface area contributed by atoms with Gasteiger partial charge >= 0.3 is 0 Å². The summed E-state index contributed by atoms with van der Waals surface area (Å²) < 4.78 is 0. The van der Waals surface area contributed by atoms with Crippen molar-refractivity contribution in [1.29, 1.82) is 0 Å². The number of halogens is 2. The molecule has 1 amide bonds. The number of nitrogens with two attached hydrogens (primary N) is 1. The maximum Gasteiger partial charge on any atom is 0.236 e. The van der Waals surface area contributed by atoms with Gasteiger partial charge in [0.25, 0.3) is 0 Å². The molecule has 0 aromatic carbocycles. The van der Waals surface area contributed by atoms with E-state index in [1.807, 2.05) is 18.7 Å². The molecule has 0 aromatic rings. The van der Waals surface area contributed by atoms with Gasteiger partial charge in [-0.25, -0.2) is 0 Å². The molecule has 0 bridgehead atoms. The highest BCUT2D eigenvalue weighted by molar-refractivity contribution is 7.99. The zero-order valence-corrected chi connectivity index (χ0v) is 12.6. The van der Waals surface area contributed by atoms with Crippen LogP contribution >= 0.6 is 36.6 Å². The van der Waals surface area contributed by atoms with Gasteiger partial charge in [-0.05, 0) is 6.42 Å². The first-order valence-corrected chi connectivity index (χ1v) is 6.73. The third kappa shape index (κ3) is 8.11. The van der Waals surface area contributed by atoms with E-state index in [9.17, 15) is 4.79 Å². The van der Waals surface area contributed by atoms with Crippen molar-refractivity contribution < 1.29 is 4.79 Å². The Balaban J connectivity index is 0. The van der Waals surface area contributed by atoms with E-state index in [2.05, 4.69) is 10.2 Å². The molecular weight excluding hydrogens is 281 g/mol. The summed E-state index contributed by atoms with van der Waals surface area (Å²) in [6, 6.07) is -0.345. The first kappa shape index (κ1) is 19.7. The highest BCUT2D eigenvalue weighted by atomic mass is 35.5. The van der Waals surface area contributed by atoms with Crippen LogP contribution in [0.25, 0.3) is 0 Å². The molecule has 1 saturated heterocycles.